The summed E-state index contributed by atoms with van der Waals surface area (Å²) in [5.41, 5.74) is 2.65. The van der Waals surface area contributed by atoms with E-state index in [0.717, 1.165) is 23.0 Å². The summed E-state index contributed by atoms with van der Waals surface area (Å²) in [6.07, 6.45) is 1.38. The van der Waals surface area contributed by atoms with Crippen molar-refractivity contribution in [2.45, 2.75) is 19.4 Å². The molecular formula is C22H24F2N6O2. The van der Waals surface area contributed by atoms with E-state index in [9.17, 15) is 13.6 Å². The maximum absolute atomic E-state index is 13.5. The van der Waals surface area contributed by atoms with Gasteiger partial charge in [0.1, 0.15) is 24.6 Å². The molecule has 8 nitrogen and oxygen atoms in total. The highest BCUT2D eigenvalue weighted by atomic mass is 19.1. The number of likely N-dealkylation sites (tertiary alicyclic amines) is 1. The molecule has 10 heteroatoms. The van der Waals surface area contributed by atoms with E-state index in [1.807, 2.05) is 25.1 Å². The van der Waals surface area contributed by atoms with Gasteiger partial charge in [-0.1, -0.05) is 0 Å². The van der Waals surface area contributed by atoms with Crippen LogP contribution >= 0.6 is 0 Å². The third-order valence-electron chi connectivity index (χ3n) is 5.08. The maximum atomic E-state index is 13.5. The fourth-order valence-corrected chi connectivity index (χ4v) is 3.79. The Morgan fingerprint density at radius 2 is 1.81 bits per heavy atom. The summed E-state index contributed by atoms with van der Waals surface area (Å²) < 4.78 is 33.2. The Morgan fingerprint density at radius 1 is 1.12 bits per heavy atom. The predicted molar refractivity (Wildman–Crippen MR) is 116 cm³/mol. The zero-order valence-corrected chi connectivity index (χ0v) is 18.0. The van der Waals surface area contributed by atoms with Gasteiger partial charge in [0.2, 0.25) is 11.9 Å². The minimum Gasteiger partial charge on any atom is -0.376 e. The molecule has 4 rings (SSSR count). The van der Waals surface area contributed by atoms with E-state index < -0.39 is 11.6 Å². The van der Waals surface area contributed by atoms with Crippen molar-refractivity contribution in [3.05, 3.63) is 59.9 Å². The molecule has 1 fully saturated rings. The fourth-order valence-electron chi connectivity index (χ4n) is 3.79. The number of aromatic nitrogens is 3. The molecule has 2 N–H and O–H groups in total. The SMILES string of the molecule is COCC(=O)N1CC(C)(Nc2cc(C)cc(Nc3ncn(-c4cc(F)cc(F)c4)n3)c2)C1. The minimum absolute atomic E-state index is 0.0294. The van der Waals surface area contributed by atoms with Crippen LogP contribution in [-0.2, 0) is 9.53 Å². The van der Waals surface area contributed by atoms with Gasteiger partial charge in [0.05, 0.1) is 11.2 Å². The molecule has 1 aliphatic heterocycles. The summed E-state index contributed by atoms with van der Waals surface area (Å²) in [4.78, 5) is 17.8. The summed E-state index contributed by atoms with van der Waals surface area (Å²) in [5, 5.41) is 10.9. The van der Waals surface area contributed by atoms with E-state index in [0.29, 0.717) is 13.1 Å². The lowest BCUT2D eigenvalue weighted by Gasteiger charge is -2.49. The first-order chi connectivity index (χ1) is 15.2. The van der Waals surface area contributed by atoms with Gasteiger partial charge in [-0.2, -0.15) is 4.98 Å². The average molecular weight is 442 g/mol. The molecule has 1 saturated heterocycles. The van der Waals surface area contributed by atoms with Gasteiger partial charge in [-0.15, -0.1) is 5.10 Å². The van der Waals surface area contributed by atoms with Crippen LogP contribution in [-0.4, -0.2) is 57.9 Å². The first-order valence-electron chi connectivity index (χ1n) is 10.0. The van der Waals surface area contributed by atoms with Crippen LogP contribution in [0.5, 0.6) is 0 Å². The topological polar surface area (TPSA) is 84.3 Å². The van der Waals surface area contributed by atoms with Crippen molar-refractivity contribution in [2.75, 3.05) is 37.4 Å². The molecule has 0 bridgehead atoms. The number of nitrogens with zero attached hydrogens (tertiary/aromatic N) is 4. The molecule has 32 heavy (non-hydrogen) atoms. The number of rotatable bonds is 7. The molecule has 0 unspecified atom stereocenters. The van der Waals surface area contributed by atoms with E-state index in [1.54, 1.807) is 4.90 Å². The average Bonchev–Trinajstić information content (AvgIpc) is 3.13. The molecule has 0 aliphatic carbocycles. The Hall–Kier alpha value is -3.53. The minimum atomic E-state index is -0.689. The van der Waals surface area contributed by atoms with Crippen LogP contribution in [0.15, 0.2) is 42.7 Å². The van der Waals surface area contributed by atoms with E-state index in [4.69, 9.17) is 4.74 Å². The molecule has 3 aromatic rings. The van der Waals surface area contributed by atoms with E-state index in [1.165, 1.54) is 30.3 Å². The Kier molecular flexibility index (Phi) is 5.79. The Labute approximate surface area is 184 Å². The van der Waals surface area contributed by atoms with Crippen LogP contribution in [0.2, 0.25) is 0 Å². The van der Waals surface area contributed by atoms with Crippen molar-refractivity contribution in [3.63, 3.8) is 0 Å². The Balaban J connectivity index is 1.45. The number of halogens is 2. The highest BCUT2D eigenvalue weighted by Crippen LogP contribution is 2.29. The molecule has 1 aromatic heterocycles. The van der Waals surface area contributed by atoms with Crippen LogP contribution in [0, 0.1) is 18.6 Å². The molecule has 0 saturated carbocycles. The number of carbonyl (C=O) groups excluding carboxylic acids is 1. The van der Waals surface area contributed by atoms with Crippen LogP contribution < -0.4 is 10.6 Å². The van der Waals surface area contributed by atoms with Gasteiger partial charge in [0.25, 0.3) is 0 Å². The summed E-state index contributed by atoms with van der Waals surface area (Å²) in [6, 6.07) is 9.02. The second-order valence-electron chi connectivity index (χ2n) is 8.22. The Bertz CT molecular complexity index is 1120. The van der Waals surface area contributed by atoms with Gasteiger partial charge >= 0.3 is 0 Å². The molecule has 1 amide bonds. The van der Waals surface area contributed by atoms with Crippen molar-refractivity contribution in [2.24, 2.45) is 0 Å². The highest BCUT2D eigenvalue weighted by molar-refractivity contribution is 5.79. The van der Waals surface area contributed by atoms with Gasteiger partial charge in [0.15, 0.2) is 0 Å². The lowest BCUT2D eigenvalue weighted by molar-refractivity contribution is -0.141. The van der Waals surface area contributed by atoms with Gasteiger partial charge in [-0.3, -0.25) is 4.79 Å². The molecule has 168 valence electrons. The normalized spacial score (nSPS) is 14.7. The molecule has 0 spiro atoms. The van der Waals surface area contributed by atoms with Crippen LogP contribution in [0.1, 0.15) is 12.5 Å². The first-order valence-corrected chi connectivity index (χ1v) is 10.0. The van der Waals surface area contributed by atoms with Crippen molar-refractivity contribution in [3.8, 4) is 5.69 Å². The van der Waals surface area contributed by atoms with Crippen LogP contribution in [0.4, 0.5) is 26.1 Å². The van der Waals surface area contributed by atoms with Gasteiger partial charge in [0, 0.05) is 37.6 Å². The predicted octanol–water partition coefficient (Wildman–Crippen LogP) is 3.26. The number of nitrogens with one attached hydrogen (secondary N) is 2. The third-order valence-corrected chi connectivity index (χ3v) is 5.08. The zero-order valence-electron chi connectivity index (χ0n) is 18.0. The van der Waals surface area contributed by atoms with Gasteiger partial charge < -0.3 is 20.3 Å². The molecule has 0 radical (unpaired) electrons. The third kappa shape index (κ3) is 4.86. The Morgan fingerprint density at radius 3 is 2.50 bits per heavy atom. The largest absolute Gasteiger partial charge is 0.376 e. The molecule has 2 aromatic carbocycles. The second-order valence-corrected chi connectivity index (χ2v) is 8.22. The smallest absolute Gasteiger partial charge is 0.248 e. The molecule has 0 atom stereocenters. The number of carbonyl (C=O) groups is 1. The summed E-state index contributed by atoms with van der Waals surface area (Å²) in [7, 11) is 1.50. The number of hydrogen-bond acceptors (Lipinski definition) is 6. The molecule has 1 aliphatic rings. The lowest BCUT2D eigenvalue weighted by atomic mass is 9.91. The van der Waals surface area contributed by atoms with Crippen molar-refractivity contribution < 1.29 is 18.3 Å². The van der Waals surface area contributed by atoms with Crippen molar-refractivity contribution >= 4 is 23.2 Å². The fraction of sp³-hybridized carbons (Fsp3) is 0.318. The summed E-state index contributed by atoms with van der Waals surface area (Å²) in [6.45, 7) is 5.27. The number of hydrogen-bond donors (Lipinski definition) is 2. The highest BCUT2D eigenvalue weighted by Gasteiger charge is 2.41. The van der Waals surface area contributed by atoms with E-state index in [2.05, 4.69) is 27.6 Å². The summed E-state index contributed by atoms with van der Waals surface area (Å²) in [5.74, 6) is -1.12. The van der Waals surface area contributed by atoms with E-state index >= 15 is 0 Å². The maximum Gasteiger partial charge on any atom is 0.248 e. The van der Waals surface area contributed by atoms with Crippen LogP contribution in [0.25, 0.3) is 5.69 Å². The van der Waals surface area contributed by atoms with Crippen molar-refractivity contribution in [1.29, 1.82) is 0 Å². The summed E-state index contributed by atoms with van der Waals surface area (Å²) >= 11 is 0. The quantitative estimate of drug-likeness (QED) is 0.585. The molecular weight excluding hydrogens is 418 g/mol. The number of amides is 1. The number of anilines is 3. The second kappa shape index (κ2) is 8.54. The number of methoxy groups -OCH3 is 1. The molecule has 2 heterocycles. The van der Waals surface area contributed by atoms with Crippen LogP contribution in [0.3, 0.4) is 0 Å². The van der Waals surface area contributed by atoms with Crippen molar-refractivity contribution in [1.82, 2.24) is 19.7 Å². The standard InChI is InChI=1S/C22H24F2N6O2/c1-14-4-17(9-18(5-14)27-22(2)11-29(12-22)20(31)10-32-3)26-21-25-13-30(28-21)19-7-15(23)6-16(24)8-19/h4-9,13,27H,10-12H2,1-3H3,(H,26,28). The van der Waals surface area contributed by atoms with Gasteiger partial charge in [-0.05, 0) is 49.7 Å². The number of ether oxygens (including phenoxy) is 1. The van der Waals surface area contributed by atoms with E-state index in [-0.39, 0.29) is 29.7 Å². The lowest BCUT2D eigenvalue weighted by Crippen LogP contribution is -2.66. The monoisotopic (exact) mass is 442 g/mol. The number of aryl methyl sites for hydroxylation is 1. The number of benzene rings is 2. The zero-order chi connectivity index (χ0) is 22.9. The first kappa shape index (κ1) is 21.7. The van der Waals surface area contributed by atoms with Gasteiger partial charge in [-0.25, -0.2) is 13.5 Å².